The number of methoxy groups -OCH3 is 1. The van der Waals surface area contributed by atoms with Gasteiger partial charge in [0.25, 0.3) is 11.8 Å². The Morgan fingerprint density at radius 1 is 1.00 bits per heavy atom. The second-order valence-electron chi connectivity index (χ2n) is 6.30. The fraction of sp³-hybridized carbons (Fsp3) is 0.318. The molecule has 2 aromatic rings. The van der Waals surface area contributed by atoms with E-state index in [0.717, 1.165) is 0 Å². The SMILES string of the molecule is CCN(CC)C(=O)c1ccc(NC(=S)NC(=O)c2ccccc2OCCOC)cc1. The van der Waals surface area contributed by atoms with Gasteiger partial charge in [-0.2, -0.15) is 0 Å². The Labute approximate surface area is 182 Å². The highest BCUT2D eigenvalue weighted by molar-refractivity contribution is 7.80. The average Bonchev–Trinajstić information content (AvgIpc) is 2.75. The van der Waals surface area contributed by atoms with Crippen molar-refractivity contribution in [2.75, 3.05) is 38.7 Å². The van der Waals surface area contributed by atoms with E-state index in [1.165, 1.54) is 0 Å². The number of nitrogens with one attached hydrogen (secondary N) is 2. The topological polar surface area (TPSA) is 79.9 Å². The minimum atomic E-state index is -0.381. The summed E-state index contributed by atoms with van der Waals surface area (Å²) in [4.78, 5) is 26.7. The number of rotatable bonds is 9. The van der Waals surface area contributed by atoms with Gasteiger partial charge in [0.1, 0.15) is 12.4 Å². The minimum Gasteiger partial charge on any atom is -0.490 e. The van der Waals surface area contributed by atoms with Gasteiger partial charge in [-0.05, 0) is 62.5 Å². The zero-order valence-electron chi connectivity index (χ0n) is 17.4. The molecule has 7 nitrogen and oxygen atoms in total. The van der Waals surface area contributed by atoms with Crippen LogP contribution < -0.4 is 15.4 Å². The molecular weight excluding hydrogens is 402 g/mol. The van der Waals surface area contributed by atoms with Crippen molar-refractivity contribution in [2.45, 2.75) is 13.8 Å². The minimum absolute atomic E-state index is 0.0208. The number of nitrogens with zero attached hydrogens (tertiary/aromatic N) is 1. The predicted molar refractivity (Wildman–Crippen MR) is 121 cm³/mol. The van der Waals surface area contributed by atoms with Crippen molar-refractivity contribution in [2.24, 2.45) is 0 Å². The highest BCUT2D eigenvalue weighted by Crippen LogP contribution is 2.18. The van der Waals surface area contributed by atoms with Crippen LogP contribution in [-0.2, 0) is 4.74 Å². The normalized spacial score (nSPS) is 10.2. The molecule has 0 heterocycles. The van der Waals surface area contributed by atoms with Crippen molar-refractivity contribution in [3.63, 3.8) is 0 Å². The first-order valence-electron chi connectivity index (χ1n) is 9.72. The molecule has 0 bridgehead atoms. The van der Waals surface area contributed by atoms with Gasteiger partial charge < -0.3 is 19.7 Å². The Bertz CT molecular complexity index is 867. The summed E-state index contributed by atoms with van der Waals surface area (Å²) in [5.74, 6) is 0.0514. The average molecular weight is 430 g/mol. The zero-order chi connectivity index (χ0) is 21.9. The summed E-state index contributed by atoms with van der Waals surface area (Å²) in [7, 11) is 1.58. The monoisotopic (exact) mass is 429 g/mol. The number of benzene rings is 2. The number of ether oxygens (including phenoxy) is 2. The van der Waals surface area contributed by atoms with Gasteiger partial charge in [0.2, 0.25) is 0 Å². The Hall–Kier alpha value is -2.97. The second kappa shape index (κ2) is 11.9. The first-order chi connectivity index (χ1) is 14.5. The van der Waals surface area contributed by atoms with Crippen molar-refractivity contribution in [1.29, 1.82) is 0 Å². The molecule has 0 spiro atoms. The van der Waals surface area contributed by atoms with E-state index >= 15 is 0 Å². The van der Waals surface area contributed by atoms with E-state index in [1.54, 1.807) is 60.5 Å². The van der Waals surface area contributed by atoms with Gasteiger partial charge in [-0.15, -0.1) is 0 Å². The third-order valence-electron chi connectivity index (χ3n) is 4.34. The van der Waals surface area contributed by atoms with Crippen molar-refractivity contribution in [3.8, 4) is 5.75 Å². The van der Waals surface area contributed by atoms with Gasteiger partial charge in [-0.3, -0.25) is 14.9 Å². The third-order valence-corrected chi connectivity index (χ3v) is 4.55. The molecule has 160 valence electrons. The van der Waals surface area contributed by atoms with E-state index in [9.17, 15) is 9.59 Å². The maximum absolute atomic E-state index is 12.6. The van der Waals surface area contributed by atoms with Crippen LogP contribution in [0, 0.1) is 0 Å². The maximum atomic E-state index is 12.6. The van der Waals surface area contributed by atoms with E-state index in [0.29, 0.717) is 48.9 Å². The quantitative estimate of drug-likeness (QED) is 0.470. The second-order valence-corrected chi connectivity index (χ2v) is 6.71. The van der Waals surface area contributed by atoms with Crippen LogP contribution in [0.15, 0.2) is 48.5 Å². The van der Waals surface area contributed by atoms with Gasteiger partial charge >= 0.3 is 0 Å². The third kappa shape index (κ3) is 6.53. The molecule has 0 radical (unpaired) electrons. The van der Waals surface area contributed by atoms with Crippen LogP contribution in [-0.4, -0.2) is 55.2 Å². The predicted octanol–water partition coefficient (Wildman–Crippen LogP) is 3.32. The van der Waals surface area contributed by atoms with E-state index < -0.39 is 0 Å². The molecule has 2 aromatic carbocycles. The lowest BCUT2D eigenvalue weighted by Crippen LogP contribution is -2.34. The summed E-state index contributed by atoms with van der Waals surface area (Å²) in [6.45, 7) is 5.95. The largest absolute Gasteiger partial charge is 0.490 e. The summed E-state index contributed by atoms with van der Waals surface area (Å²) < 4.78 is 10.6. The molecule has 0 aromatic heterocycles. The fourth-order valence-corrected chi connectivity index (χ4v) is 2.95. The molecule has 0 atom stereocenters. The molecule has 2 rings (SSSR count). The Balaban J connectivity index is 1.97. The number of carbonyl (C=O) groups excluding carboxylic acids is 2. The van der Waals surface area contributed by atoms with E-state index in [1.807, 2.05) is 13.8 Å². The van der Waals surface area contributed by atoms with Gasteiger partial charge in [-0.1, -0.05) is 12.1 Å². The smallest absolute Gasteiger partial charge is 0.261 e. The van der Waals surface area contributed by atoms with E-state index in [4.69, 9.17) is 21.7 Å². The van der Waals surface area contributed by atoms with Gasteiger partial charge in [-0.25, -0.2) is 0 Å². The lowest BCUT2D eigenvalue weighted by atomic mass is 10.1. The van der Waals surface area contributed by atoms with Gasteiger partial charge in [0.05, 0.1) is 12.2 Å². The first-order valence-corrected chi connectivity index (χ1v) is 10.1. The molecule has 8 heteroatoms. The fourth-order valence-electron chi connectivity index (χ4n) is 2.74. The molecule has 2 N–H and O–H groups in total. The summed E-state index contributed by atoms with van der Waals surface area (Å²) in [5.41, 5.74) is 1.64. The van der Waals surface area contributed by atoms with Gasteiger partial charge in [0.15, 0.2) is 5.11 Å². The summed E-state index contributed by atoms with van der Waals surface area (Å²) >= 11 is 5.25. The first kappa shape index (κ1) is 23.3. The lowest BCUT2D eigenvalue weighted by molar-refractivity contribution is 0.0772. The standard InChI is InChI=1S/C22H27N3O4S/c1-4-25(5-2)21(27)16-10-12-17(13-11-16)23-22(30)24-20(26)18-8-6-7-9-19(18)29-15-14-28-3/h6-13H,4-5,14-15H2,1-3H3,(H2,23,24,26,30). The maximum Gasteiger partial charge on any atom is 0.261 e. The molecule has 0 fully saturated rings. The number of amides is 2. The summed E-state index contributed by atoms with van der Waals surface area (Å²) in [5, 5.41) is 5.74. The van der Waals surface area contributed by atoms with E-state index in [-0.39, 0.29) is 16.9 Å². The Morgan fingerprint density at radius 3 is 2.30 bits per heavy atom. The zero-order valence-corrected chi connectivity index (χ0v) is 18.3. The molecular formula is C22H27N3O4S. The van der Waals surface area contributed by atoms with Crippen molar-refractivity contribution < 1.29 is 19.1 Å². The molecule has 0 saturated heterocycles. The molecule has 30 heavy (non-hydrogen) atoms. The number of hydrogen-bond acceptors (Lipinski definition) is 5. The Kier molecular flexibility index (Phi) is 9.24. The van der Waals surface area contributed by atoms with Crippen molar-refractivity contribution in [1.82, 2.24) is 10.2 Å². The number of hydrogen-bond donors (Lipinski definition) is 2. The van der Waals surface area contributed by atoms with Gasteiger partial charge in [0, 0.05) is 31.5 Å². The molecule has 0 saturated carbocycles. The molecule has 0 aliphatic rings. The van der Waals surface area contributed by atoms with Crippen LogP contribution in [0.3, 0.4) is 0 Å². The molecule has 0 aliphatic heterocycles. The Morgan fingerprint density at radius 2 is 1.67 bits per heavy atom. The number of para-hydroxylation sites is 1. The van der Waals surface area contributed by atoms with Crippen LogP contribution in [0.5, 0.6) is 5.75 Å². The van der Waals surface area contributed by atoms with E-state index in [2.05, 4.69) is 10.6 Å². The van der Waals surface area contributed by atoms with Crippen LogP contribution >= 0.6 is 12.2 Å². The number of carbonyl (C=O) groups is 2. The van der Waals surface area contributed by atoms with Crippen LogP contribution in [0.2, 0.25) is 0 Å². The van der Waals surface area contributed by atoms with Crippen LogP contribution in [0.1, 0.15) is 34.6 Å². The summed E-state index contributed by atoms with van der Waals surface area (Å²) in [6, 6.07) is 13.9. The highest BCUT2D eigenvalue weighted by Gasteiger charge is 2.15. The van der Waals surface area contributed by atoms with Crippen LogP contribution in [0.25, 0.3) is 0 Å². The molecule has 0 unspecified atom stereocenters. The van der Waals surface area contributed by atoms with Crippen molar-refractivity contribution in [3.05, 3.63) is 59.7 Å². The van der Waals surface area contributed by atoms with Crippen molar-refractivity contribution >= 4 is 34.8 Å². The highest BCUT2D eigenvalue weighted by atomic mass is 32.1. The molecule has 2 amide bonds. The summed E-state index contributed by atoms with van der Waals surface area (Å²) in [6.07, 6.45) is 0. The lowest BCUT2D eigenvalue weighted by Gasteiger charge is -2.18. The number of thiocarbonyl (C=S) groups is 1. The molecule has 0 aliphatic carbocycles. The van der Waals surface area contributed by atoms with Crippen LogP contribution in [0.4, 0.5) is 5.69 Å². The number of anilines is 1.